The first-order chi connectivity index (χ1) is 13.0. The summed E-state index contributed by atoms with van der Waals surface area (Å²) in [4.78, 5) is 25.1. The van der Waals surface area contributed by atoms with E-state index in [9.17, 15) is 4.79 Å². The fourth-order valence-electron chi connectivity index (χ4n) is 3.46. The molecule has 2 aromatic heterocycles. The van der Waals surface area contributed by atoms with E-state index in [4.69, 9.17) is 0 Å². The molecule has 1 aromatic carbocycles. The zero-order valence-corrected chi connectivity index (χ0v) is 16.9. The van der Waals surface area contributed by atoms with Crippen LogP contribution in [0.3, 0.4) is 0 Å². The lowest BCUT2D eigenvalue weighted by Gasteiger charge is -2.27. The van der Waals surface area contributed by atoms with Gasteiger partial charge in [-0.15, -0.1) is 11.3 Å². The van der Waals surface area contributed by atoms with Crippen molar-refractivity contribution >= 4 is 11.3 Å². The highest BCUT2D eigenvalue weighted by atomic mass is 32.1. The van der Waals surface area contributed by atoms with Crippen LogP contribution in [0.5, 0.6) is 0 Å². The molecule has 1 aliphatic heterocycles. The van der Waals surface area contributed by atoms with Gasteiger partial charge in [-0.2, -0.15) is 0 Å². The van der Waals surface area contributed by atoms with E-state index in [1.54, 1.807) is 0 Å². The molecule has 0 atom stereocenters. The molecule has 4 nitrogen and oxygen atoms in total. The van der Waals surface area contributed by atoms with Crippen LogP contribution in [0.25, 0.3) is 10.4 Å². The first kappa shape index (κ1) is 18.1. The molecule has 4 rings (SSSR count). The highest BCUT2D eigenvalue weighted by molar-refractivity contribution is 7.15. The lowest BCUT2D eigenvalue weighted by Crippen LogP contribution is -2.35. The van der Waals surface area contributed by atoms with Crippen LogP contribution in [0.2, 0.25) is 0 Å². The Morgan fingerprint density at radius 2 is 1.96 bits per heavy atom. The average Bonchev–Trinajstić information content (AvgIpc) is 3.11. The maximum atomic E-state index is 12.5. The summed E-state index contributed by atoms with van der Waals surface area (Å²) in [6.45, 7) is 8.72. The van der Waals surface area contributed by atoms with Gasteiger partial charge in [-0.1, -0.05) is 43.7 Å². The number of thiophene rings is 1. The van der Waals surface area contributed by atoms with Crippen molar-refractivity contribution in [1.29, 1.82) is 0 Å². The molecule has 27 heavy (non-hydrogen) atoms. The van der Waals surface area contributed by atoms with Crippen molar-refractivity contribution in [1.82, 2.24) is 14.9 Å². The van der Waals surface area contributed by atoms with Crippen molar-refractivity contribution < 1.29 is 0 Å². The summed E-state index contributed by atoms with van der Waals surface area (Å²) < 4.78 is 0. The number of hydrogen-bond donors (Lipinski definition) is 1. The molecule has 0 aliphatic carbocycles. The zero-order chi connectivity index (χ0) is 19.0. The van der Waals surface area contributed by atoms with Gasteiger partial charge < -0.3 is 4.98 Å². The Morgan fingerprint density at radius 1 is 1.19 bits per heavy atom. The Bertz CT molecular complexity index is 1000. The molecule has 0 spiro atoms. The topological polar surface area (TPSA) is 49.0 Å². The Morgan fingerprint density at radius 3 is 2.70 bits per heavy atom. The van der Waals surface area contributed by atoms with E-state index in [0.29, 0.717) is 6.54 Å². The minimum Gasteiger partial charge on any atom is -0.310 e. The second-order valence-corrected chi connectivity index (χ2v) is 8.79. The number of aromatic amines is 1. The molecule has 0 saturated heterocycles. The number of nitrogens with one attached hydrogen (secondary N) is 1. The molecule has 5 heteroatoms. The summed E-state index contributed by atoms with van der Waals surface area (Å²) in [5.74, 6) is 1.04. The normalized spacial score (nSPS) is 14.5. The van der Waals surface area contributed by atoms with Gasteiger partial charge >= 0.3 is 0 Å². The smallest absolute Gasteiger partial charge is 0.255 e. The predicted molar refractivity (Wildman–Crippen MR) is 111 cm³/mol. The molecule has 0 bridgehead atoms. The highest BCUT2D eigenvalue weighted by Crippen LogP contribution is 2.30. The van der Waals surface area contributed by atoms with Gasteiger partial charge in [0.25, 0.3) is 5.56 Å². The van der Waals surface area contributed by atoms with E-state index in [1.165, 1.54) is 20.9 Å². The third-order valence-corrected chi connectivity index (χ3v) is 6.21. The summed E-state index contributed by atoms with van der Waals surface area (Å²) >= 11 is 1.83. The molecule has 3 heterocycles. The van der Waals surface area contributed by atoms with Gasteiger partial charge in [-0.05, 0) is 24.6 Å². The van der Waals surface area contributed by atoms with Crippen LogP contribution in [0, 0.1) is 6.92 Å². The molecule has 0 radical (unpaired) electrons. The van der Waals surface area contributed by atoms with E-state index in [-0.39, 0.29) is 11.5 Å². The predicted octanol–water partition coefficient (Wildman–Crippen LogP) is 4.49. The minimum absolute atomic E-state index is 0.0277. The van der Waals surface area contributed by atoms with Crippen LogP contribution in [-0.2, 0) is 19.5 Å². The van der Waals surface area contributed by atoms with Gasteiger partial charge in [0.05, 0.1) is 11.3 Å². The van der Waals surface area contributed by atoms with Gasteiger partial charge in [-0.3, -0.25) is 9.69 Å². The molecule has 0 amide bonds. The molecule has 0 saturated carbocycles. The molecule has 0 fully saturated rings. The van der Waals surface area contributed by atoms with Crippen molar-refractivity contribution in [2.45, 2.75) is 46.2 Å². The van der Waals surface area contributed by atoms with E-state index in [0.717, 1.165) is 36.6 Å². The van der Waals surface area contributed by atoms with Crippen molar-refractivity contribution in [2.75, 3.05) is 6.54 Å². The number of nitrogens with zero attached hydrogens (tertiary/aromatic N) is 2. The Hall–Kier alpha value is -2.24. The maximum absolute atomic E-state index is 12.5. The third kappa shape index (κ3) is 3.89. The van der Waals surface area contributed by atoms with Crippen LogP contribution in [0.15, 0.2) is 41.2 Å². The maximum Gasteiger partial charge on any atom is 0.255 e. The quantitative estimate of drug-likeness (QED) is 0.727. The van der Waals surface area contributed by atoms with E-state index in [2.05, 4.69) is 72.0 Å². The van der Waals surface area contributed by atoms with E-state index >= 15 is 0 Å². The summed E-state index contributed by atoms with van der Waals surface area (Å²) in [6.07, 6.45) is 0.842. The summed E-state index contributed by atoms with van der Waals surface area (Å²) in [5.41, 5.74) is 4.38. The molecular weight excluding hydrogens is 354 g/mol. The first-order valence-electron chi connectivity index (χ1n) is 9.49. The molecule has 1 N–H and O–H groups in total. The fourth-order valence-corrected chi connectivity index (χ4v) is 4.52. The SMILES string of the molecule is Cc1ccc(-c2ccc(CN3CCc4nc(C(C)C)[nH]c(=O)c4C3)s2)cc1. The largest absolute Gasteiger partial charge is 0.310 e. The number of rotatable bonds is 4. The van der Waals surface area contributed by atoms with Crippen molar-refractivity contribution in [3.63, 3.8) is 0 Å². The second-order valence-electron chi connectivity index (χ2n) is 7.62. The Kier molecular flexibility index (Phi) is 4.98. The van der Waals surface area contributed by atoms with Crippen LogP contribution in [0.4, 0.5) is 0 Å². The summed E-state index contributed by atoms with van der Waals surface area (Å²) in [6, 6.07) is 13.1. The molecule has 3 aromatic rings. The van der Waals surface area contributed by atoms with Gasteiger partial charge in [0.1, 0.15) is 5.82 Å². The molecular formula is C22H25N3OS. The number of fused-ring (bicyclic) bond motifs is 1. The highest BCUT2D eigenvalue weighted by Gasteiger charge is 2.22. The van der Waals surface area contributed by atoms with Crippen LogP contribution in [-0.4, -0.2) is 21.4 Å². The standard InChI is InChI=1S/C22H25N3OS/c1-14(2)21-23-19-10-11-25(13-18(19)22(26)24-21)12-17-8-9-20(27-17)16-6-4-15(3)5-7-16/h4-9,14H,10-13H2,1-3H3,(H,23,24,26). The van der Waals surface area contributed by atoms with Crippen molar-refractivity contribution in [3.8, 4) is 10.4 Å². The Labute approximate surface area is 163 Å². The van der Waals surface area contributed by atoms with E-state index < -0.39 is 0 Å². The lowest BCUT2D eigenvalue weighted by atomic mass is 10.1. The molecule has 140 valence electrons. The Balaban J connectivity index is 1.49. The second kappa shape index (κ2) is 7.41. The monoisotopic (exact) mass is 379 g/mol. The molecule has 1 aliphatic rings. The van der Waals surface area contributed by atoms with E-state index in [1.807, 2.05) is 11.3 Å². The first-order valence-corrected chi connectivity index (χ1v) is 10.3. The number of hydrogen-bond acceptors (Lipinski definition) is 4. The lowest BCUT2D eigenvalue weighted by molar-refractivity contribution is 0.243. The number of aromatic nitrogens is 2. The summed E-state index contributed by atoms with van der Waals surface area (Å²) in [5, 5.41) is 0. The fraction of sp³-hybridized carbons (Fsp3) is 0.364. The average molecular weight is 380 g/mol. The number of benzene rings is 1. The van der Waals surface area contributed by atoms with Gasteiger partial charge in [-0.25, -0.2) is 4.98 Å². The van der Waals surface area contributed by atoms with Gasteiger partial charge in [0, 0.05) is 41.7 Å². The van der Waals surface area contributed by atoms with Crippen LogP contribution < -0.4 is 5.56 Å². The van der Waals surface area contributed by atoms with Crippen molar-refractivity contribution in [3.05, 3.63) is 74.3 Å². The minimum atomic E-state index is 0.0277. The molecule has 0 unspecified atom stereocenters. The van der Waals surface area contributed by atoms with Gasteiger partial charge in [0.15, 0.2) is 0 Å². The van der Waals surface area contributed by atoms with Crippen molar-refractivity contribution in [2.24, 2.45) is 0 Å². The third-order valence-electron chi connectivity index (χ3n) is 5.09. The van der Waals surface area contributed by atoms with Gasteiger partial charge in [0.2, 0.25) is 0 Å². The number of aryl methyl sites for hydroxylation is 1. The van der Waals surface area contributed by atoms with Crippen LogP contribution in [0.1, 0.15) is 47.3 Å². The van der Waals surface area contributed by atoms with Crippen LogP contribution >= 0.6 is 11.3 Å². The summed E-state index contributed by atoms with van der Waals surface area (Å²) in [7, 11) is 0. The number of H-pyrrole nitrogens is 1. The zero-order valence-electron chi connectivity index (χ0n) is 16.1.